The highest BCUT2D eigenvalue weighted by Gasteiger charge is 2.26. The number of nitrogens with one attached hydrogen (secondary N) is 3. The summed E-state index contributed by atoms with van der Waals surface area (Å²) in [7, 11) is 3.79. The van der Waals surface area contributed by atoms with Gasteiger partial charge in [0, 0.05) is 41.0 Å². The van der Waals surface area contributed by atoms with Crippen molar-refractivity contribution < 1.29 is 16.8 Å². The van der Waals surface area contributed by atoms with E-state index in [4.69, 9.17) is 0 Å². The van der Waals surface area contributed by atoms with E-state index >= 15 is 0 Å². The lowest BCUT2D eigenvalue weighted by molar-refractivity contribution is -0.129. The molecule has 0 bridgehead atoms. The number of H-pyrrole nitrogens is 1. The number of piperidine rings is 1. The van der Waals surface area contributed by atoms with Crippen LogP contribution in [-0.2, 0) is 9.59 Å². The van der Waals surface area contributed by atoms with Gasteiger partial charge in [0.15, 0.2) is 5.82 Å². The van der Waals surface area contributed by atoms with Gasteiger partial charge >= 0.3 is 0 Å². The molecule has 2 heterocycles. The Balaban J connectivity index is -0.00000169. The molecular weight excluding hydrogens is 610 g/mol. The van der Waals surface area contributed by atoms with Crippen LogP contribution in [0.4, 0.5) is 4.39 Å². The molecule has 1 aliphatic rings. The lowest BCUT2D eigenvalue weighted by atomic mass is 10.1. The second-order valence-corrected chi connectivity index (χ2v) is 9.39. The molecule has 0 saturated carbocycles. The molecule has 0 unspecified atom stereocenters. The quantitative estimate of drug-likeness (QED) is 0.213. The van der Waals surface area contributed by atoms with Gasteiger partial charge in [0.05, 0.1) is 11.6 Å². The maximum atomic E-state index is 14.0. The first-order valence-corrected chi connectivity index (χ1v) is 13.5. The van der Waals surface area contributed by atoms with Gasteiger partial charge in [-0.3, -0.25) is 9.59 Å². The number of rotatable bonds is 10. The molecule has 8 nitrogen and oxygen atoms in total. The molecule has 1 aromatic carbocycles. The first-order valence-electron chi connectivity index (χ1n) is 13.5. The van der Waals surface area contributed by atoms with Gasteiger partial charge in [-0.2, -0.15) is 0 Å². The SMILES string of the molecule is C=C(C[C@H](NC(=O)CCN(C)C)C(=O)N[C@@H](C)c1nc2c(F)cccc2[nH]1)N1CCCCC1.C=CC.CC.I.[HH].[HH]. The lowest BCUT2D eigenvalue weighted by Gasteiger charge is -2.32. The van der Waals surface area contributed by atoms with Crippen LogP contribution in [0.1, 0.15) is 74.5 Å². The van der Waals surface area contributed by atoms with Crippen molar-refractivity contribution in [1.29, 1.82) is 0 Å². The molecule has 0 radical (unpaired) electrons. The number of halogens is 2. The number of imidazole rings is 1. The fourth-order valence-corrected chi connectivity index (χ4v) is 3.98. The number of aromatic amines is 1. The van der Waals surface area contributed by atoms with Crippen molar-refractivity contribution in [2.75, 3.05) is 33.7 Å². The van der Waals surface area contributed by atoms with Gasteiger partial charge in [-0.1, -0.05) is 32.6 Å². The third kappa shape index (κ3) is 12.5. The van der Waals surface area contributed by atoms with E-state index in [1.807, 2.05) is 39.8 Å². The molecule has 0 aliphatic carbocycles. The van der Waals surface area contributed by atoms with Crippen molar-refractivity contribution in [3.05, 3.63) is 54.8 Å². The molecule has 1 aromatic heterocycles. The third-order valence-electron chi connectivity index (χ3n) is 5.93. The van der Waals surface area contributed by atoms with Gasteiger partial charge in [-0.05, 0) is 59.3 Å². The molecule has 2 atom stereocenters. The van der Waals surface area contributed by atoms with E-state index in [1.54, 1.807) is 25.1 Å². The topological polar surface area (TPSA) is 93.4 Å². The first kappa shape index (κ1) is 36.5. The molecule has 0 spiro atoms. The Morgan fingerprint density at radius 1 is 1.23 bits per heavy atom. The van der Waals surface area contributed by atoms with E-state index in [2.05, 4.69) is 38.7 Å². The van der Waals surface area contributed by atoms with E-state index in [1.165, 1.54) is 12.5 Å². The Hall–Kier alpha value is -2.47. The number of carbonyl (C=O) groups excluding carboxylic acids is 2. The molecule has 1 fully saturated rings. The molecule has 2 aromatic rings. The summed E-state index contributed by atoms with van der Waals surface area (Å²) < 4.78 is 14.0. The van der Waals surface area contributed by atoms with Crippen molar-refractivity contribution in [2.24, 2.45) is 0 Å². The highest BCUT2D eigenvalue weighted by molar-refractivity contribution is 14.0. The average molecular weight is 663 g/mol. The van der Waals surface area contributed by atoms with Gasteiger partial charge < -0.3 is 25.4 Å². The van der Waals surface area contributed by atoms with Crippen LogP contribution in [0, 0.1) is 5.82 Å². The summed E-state index contributed by atoms with van der Waals surface area (Å²) in [6.07, 6.45) is 5.78. The van der Waals surface area contributed by atoms with Crippen molar-refractivity contribution in [1.82, 2.24) is 30.4 Å². The van der Waals surface area contributed by atoms with Crippen molar-refractivity contribution in [2.45, 2.75) is 71.9 Å². The second kappa shape index (κ2) is 19.6. The smallest absolute Gasteiger partial charge is 0.243 e. The van der Waals surface area contributed by atoms with Crippen molar-refractivity contribution in [3.8, 4) is 0 Å². The molecule has 3 rings (SSSR count). The van der Waals surface area contributed by atoms with Crippen LogP contribution >= 0.6 is 24.0 Å². The molecule has 39 heavy (non-hydrogen) atoms. The number of hydrogen-bond donors (Lipinski definition) is 3. The largest absolute Gasteiger partial charge is 0.375 e. The number of benzene rings is 1. The normalized spacial score (nSPS) is 14.0. The molecular formula is C29H52FIN6O2. The van der Waals surface area contributed by atoms with Crippen molar-refractivity contribution in [3.63, 3.8) is 0 Å². The van der Waals surface area contributed by atoms with Crippen molar-refractivity contribution >= 4 is 46.8 Å². The number of amides is 2. The zero-order valence-electron chi connectivity index (χ0n) is 24.5. The van der Waals surface area contributed by atoms with Crippen LogP contribution in [0.15, 0.2) is 43.1 Å². The van der Waals surface area contributed by atoms with Crippen LogP contribution in [0.2, 0.25) is 0 Å². The van der Waals surface area contributed by atoms with E-state index in [0.29, 0.717) is 30.7 Å². The second-order valence-electron chi connectivity index (χ2n) is 9.39. The lowest BCUT2D eigenvalue weighted by Crippen LogP contribution is -2.49. The Morgan fingerprint density at radius 3 is 2.41 bits per heavy atom. The maximum Gasteiger partial charge on any atom is 0.243 e. The fourth-order valence-electron chi connectivity index (χ4n) is 3.98. The van der Waals surface area contributed by atoms with Crippen LogP contribution in [0.5, 0.6) is 0 Å². The summed E-state index contributed by atoms with van der Waals surface area (Å²) >= 11 is 0. The summed E-state index contributed by atoms with van der Waals surface area (Å²) in [5.74, 6) is -0.470. The van der Waals surface area contributed by atoms with E-state index < -0.39 is 17.9 Å². The molecule has 3 N–H and O–H groups in total. The standard InChI is InChI=1S/C24H35FN6O2.C3H6.C2H6.HI.2H2/c1-16(31-12-6-5-7-13-31)15-20(27-21(32)11-14-30(3)4)24(33)26-17(2)23-28-19-10-8-9-18(25)22(19)29-23;1-3-2;1-2;;;/h8-10,17,20H,1,5-7,11-15H2,2-4H3,(H,26,33)(H,27,32)(H,28,29);3H,1H2,2H3;1-2H3;3*1H/t17-,20-;;;;;/m0...../s1. The number of likely N-dealkylation sites (tertiary alicyclic amines) is 1. The van der Waals surface area contributed by atoms with Gasteiger partial charge in [0.1, 0.15) is 17.4 Å². The summed E-state index contributed by atoms with van der Waals surface area (Å²) in [6, 6.07) is 3.45. The van der Waals surface area contributed by atoms with E-state index in [9.17, 15) is 14.0 Å². The first-order chi connectivity index (χ1) is 18.2. The predicted octanol–water partition coefficient (Wildman–Crippen LogP) is 6.03. The molecule has 10 heteroatoms. The maximum absolute atomic E-state index is 14.0. The number of hydrogen-bond acceptors (Lipinski definition) is 5. The molecule has 1 aliphatic heterocycles. The summed E-state index contributed by atoms with van der Waals surface area (Å²) in [6.45, 7) is 17.6. The number of carbonyl (C=O) groups is 2. The summed E-state index contributed by atoms with van der Waals surface area (Å²) in [4.78, 5) is 37.2. The fraction of sp³-hybridized carbons (Fsp3) is 0.552. The zero-order chi connectivity index (χ0) is 28.7. The molecule has 2 amide bonds. The van der Waals surface area contributed by atoms with Crippen LogP contribution in [-0.4, -0.2) is 71.4 Å². The Labute approximate surface area is 253 Å². The van der Waals surface area contributed by atoms with Crippen LogP contribution < -0.4 is 10.6 Å². The predicted molar refractivity (Wildman–Crippen MR) is 174 cm³/mol. The Kier molecular flexibility index (Phi) is 18.3. The minimum Gasteiger partial charge on any atom is -0.375 e. The number of allylic oxidation sites excluding steroid dienone is 1. The summed E-state index contributed by atoms with van der Waals surface area (Å²) in [5, 5.41) is 5.79. The zero-order valence-corrected chi connectivity index (χ0v) is 26.8. The third-order valence-corrected chi connectivity index (χ3v) is 5.93. The van der Waals surface area contributed by atoms with E-state index in [-0.39, 0.29) is 44.2 Å². The summed E-state index contributed by atoms with van der Waals surface area (Å²) in [5.41, 5.74) is 1.65. The van der Waals surface area contributed by atoms with Crippen LogP contribution in [0.3, 0.4) is 0 Å². The van der Waals surface area contributed by atoms with Crippen LogP contribution in [0.25, 0.3) is 11.0 Å². The minimum absolute atomic E-state index is 0. The highest BCUT2D eigenvalue weighted by atomic mass is 127. The Bertz CT molecular complexity index is 1050. The average Bonchev–Trinajstić information content (AvgIpc) is 3.35. The highest BCUT2D eigenvalue weighted by Crippen LogP contribution is 2.20. The van der Waals surface area contributed by atoms with Gasteiger partial charge in [-0.15, -0.1) is 30.6 Å². The minimum atomic E-state index is -0.752. The number of aromatic nitrogens is 2. The van der Waals surface area contributed by atoms with Gasteiger partial charge in [-0.25, -0.2) is 9.37 Å². The van der Waals surface area contributed by atoms with E-state index in [0.717, 1.165) is 31.6 Å². The molecule has 1 saturated heterocycles. The monoisotopic (exact) mass is 662 g/mol. The number of nitrogens with zero attached hydrogens (tertiary/aromatic N) is 3. The Morgan fingerprint density at radius 2 is 1.85 bits per heavy atom. The van der Waals surface area contributed by atoms with Gasteiger partial charge in [0.2, 0.25) is 11.8 Å². The number of fused-ring (bicyclic) bond motifs is 1. The molecule has 224 valence electrons. The van der Waals surface area contributed by atoms with Gasteiger partial charge in [0.25, 0.3) is 0 Å². The number of para-hydroxylation sites is 1.